The number of halogens is 1. The summed E-state index contributed by atoms with van der Waals surface area (Å²) in [7, 11) is 0. The molecule has 9 heteroatoms. The Balaban J connectivity index is 0.00000289. The first kappa shape index (κ1) is 25.4. The van der Waals surface area contributed by atoms with Crippen molar-refractivity contribution in [1.82, 2.24) is 25.3 Å². The van der Waals surface area contributed by atoms with E-state index in [0.29, 0.717) is 19.1 Å². The highest BCUT2D eigenvalue weighted by atomic mass is 127. The highest BCUT2D eigenvalue weighted by Gasteiger charge is 2.58. The van der Waals surface area contributed by atoms with Crippen LogP contribution in [-0.4, -0.2) is 97.4 Å². The van der Waals surface area contributed by atoms with Gasteiger partial charge in [-0.25, -0.2) is 0 Å². The summed E-state index contributed by atoms with van der Waals surface area (Å²) in [4.78, 5) is 36.8. The Kier molecular flexibility index (Phi) is 8.97. The van der Waals surface area contributed by atoms with Crippen molar-refractivity contribution in [3.8, 4) is 0 Å². The standard InChI is InChI=1S/C23H38N6O2.HI/c1-4-24-23(26-15-16(3)28-12-10-27(5-2)11-13-28)25-8-9-29-21(30)19-17-6-7-18(14-17)20(19)22(29)31;/h6-7,16-20H,4-5,8-15H2,1-3H3,(H2,24,25,26);1H. The molecule has 1 saturated carbocycles. The molecule has 4 rings (SSSR count). The van der Waals surface area contributed by atoms with Gasteiger partial charge in [0.05, 0.1) is 18.4 Å². The minimum atomic E-state index is -0.113. The number of rotatable bonds is 8. The number of imide groups is 1. The van der Waals surface area contributed by atoms with E-state index in [1.54, 1.807) is 0 Å². The summed E-state index contributed by atoms with van der Waals surface area (Å²) in [6.45, 7) is 14.5. The molecule has 2 aliphatic carbocycles. The van der Waals surface area contributed by atoms with Gasteiger partial charge in [-0.1, -0.05) is 19.1 Å². The van der Waals surface area contributed by atoms with E-state index < -0.39 is 0 Å². The minimum Gasteiger partial charge on any atom is -0.357 e. The number of guanidine groups is 1. The maximum atomic E-state index is 12.8. The molecule has 3 fully saturated rings. The second-order valence-corrected chi connectivity index (χ2v) is 9.29. The van der Waals surface area contributed by atoms with Gasteiger partial charge >= 0.3 is 0 Å². The van der Waals surface area contributed by atoms with Crippen LogP contribution in [0.2, 0.25) is 0 Å². The summed E-state index contributed by atoms with van der Waals surface area (Å²) >= 11 is 0. The number of likely N-dealkylation sites (tertiary alicyclic amines) is 1. The van der Waals surface area contributed by atoms with Gasteiger partial charge in [0.1, 0.15) is 0 Å². The third-order valence-corrected chi connectivity index (χ3v) is 7.52. The SMILES string of the molecule is CCNC(=NCC(C)N1CCN(CC)CC1)NCCN1C(=O)C2C3C=CC(C3)C2C1=O.I. The van der Waals surface area contributed by atoms with Crippen molar-refractivity contribution in [2.24, 2.45) is 28.7 Å². The van der Waals surface area contributed by atoms with Gasteiger partial charge in [-0.3, -0.25) is 24.4 Å². The maximum Gasteiger partial charge on any atom is 0.233 e. The van der Waals surface area contributed by atoms with Gasteiger partial charge in [0.25, 0.3) is 0 Å². The van der Waals surface area contributed by atoms with E-state index in [1.807, 2.05) is 6.92 Å². The monoisotopic (exact) mass is 558 g/mol. The predicted octanol–water partition coefficient (Wildman–Crippen LogP) is 0.993. The topological polar surface area (TPSA) is 80.3 Å². The second kappa shape index (κ2) is 11.3. The molecule has 5 atom stereocenters. The van der Waals surface area contributed by atoms with Crippen molar-refractivity contribution in [1.29, 1.82) is 0 Å². The summed E-state index contributed by atoms with van der Waals surface area (Å²) in [6, 6.07) is 0.388. The average Bonchev–Trinajstić information content (AvgIpc) is 3.47. The molecule has 2 amide bonds. The van der Waals surface area contributed by atoms with Gasteiger partial charge in [-0.15, -0.1) is 24.0 Å². The van der Waals surface area contributed by atoms with Crippen LogP contribution >= 0.6 is 24.0 Å². The lowest BCUT2D eigenvalue weighted by molar-refractivity contribution is -0.140. The number of nitrogens with zero attached hydrogens (tertiary/aromatic N) is 4. The van der Waals surface area contributed by atoms with Crippen molar-refractivity contribution in [2.75, 3.05) is 58.9 Å². The number of fused-ring (bicyclic) bond motifs is 5. The highest BCUT2D eigenvalue weighted by Crippen LogP contribution is 2.52. The van der Waals surface area contributed by atoms with E-state index in [1.165, 1.54) is 4.90 Å². The van der Waals surface area contributed by atoms with E-state index in [4.69, 9.17) is 4.99 Å². The summed E-state index contributed by atoms with van der Waals surface area (Å²) in [5.41, 5.74) is 0. The summed E-state index contributed by atoms with van der Waals surface area (Å²) in [6.07, 6.45) is 5.25. The third kappa shape index (κ3) is 5.14. The molecule has 0 radical (unpaired) electrons. The normalized spacial score (nSPS) is 31.1. The molecule has 0 aromatic rings. The molecule has 2 saturated heterocycles. The number of carbonyl (C=O) groups excluding carboxylic acids is 2. The third-order valence-electron chi connectivity index (χ3n) is 7.52. The van der Waals surface area contributed by atoms with Crippen molar-refractivity contribution in [2.45, 2.75) is 33.2 Å². The predicted molar refractivity (Wildman–Crippen MR) is 137 cm³/mol. The molecule has 4 aliphatic rings. The Morgan fingerprint density at radius 3 is 2.25 bits per heavy atom. The van der Waals surface area contributed by atoms with E-state index >= 15 is 0 Å². The van der Waals surface area contributed by atoms with Gasteiger partial charge < -0.3 is 15.5 Å². The average molecular weight is 559 g/mol. The first-order chi connectivity index (χ1) is 15.0. The molecule has 180 valence electrons. The van der Waals surface area contributed by atoms with Gasteiger partial charge in [-0.2, -0.15) is 0 Å². The van der Waals surface area contributed by atoms with Crippen LogP contribution < -0.4 is 10.6 Å². The van der Waals surface area contributed by atoms with Gasteiger partial charge in [0.15, 0.2) is 5.96 Å². The number of carbonyl (C=O) groups is 2. The lowest BCUT2D eigenvalue weighted by Gasteiger charge is -2.37. The summed E-state index contributed by atoms with van der Waals surface area (Å²) in [5, 5.41) is 6.60. The van der Waals surface area contributed by atoms with E-state index in [2.05, 4.69) is 46.4 Å². The fourth-order valence-corrected chi connectivity index (χ4v) is 5.67. The number of hydrogen-bond acceptors (Lipinski definition) is 5. The lowest BCUT2D eigenvalue weighted by Crippen LogP contribution is -2.50. The van der Waals surface area contributed by atoms with Gasteiger partial charge in [0, 0.05) is 51.9 Å². The zero-order chi connectivity index (χ0) is 22.0. The molecule has 2 aliphatic heterocycles. The molecule has 0 aromatic heterocycles. The first-order valence-corrected chi connectivity index (χ1v) is 12.1. The molecular weight excluding hydrogens is 519 g/mol. The number of piperazine rings is 1. The number of nitrogens with one attached hydrogen (secondary N) is 2. The smallest absolute Gasteiger partial charge is 0.233 e. The van der Waals surface area contributed by atoms with Crippen LogP contribution in [0.4, 0.5) is 0 Å². The van der Waals surface area contributed by atoms with Crippen LogP contribution in [0, 0.1) is 23.7 Å². The summed E-state index contributed by atoms with van der Waals surface area (Å²) in [5.74, 6) is 1.11. The van der Waals surface area contributed by atoms with Gasteiger partial charge in [-0.05, 0) is 38.6 Å². The molecular formula is C23H39IN6O2. The Morgan fingerprint density at radius 2 is 1.69 bits per heavy atom. The van der Waals surface area contributed by atoms with E-state index in [-0.39, 0.29) is 59.5 Å². The van der Waals surface area contributed by atoms with Crippen LogP contribution in [0.15, 0.2) is 17.1 Å². The van der Waals surface area contributed by atoms with Crippen LogP contribution in [0.1, 0.15) is 27.2 Å². The molecule has 8 nitrogen and oxygen atoms in total. The lowest BCUT2D eigenvalue weighted by atomic mass is 9.85. The minimum absolute atomic E-state index is 0. The Morgan fingerprint density at radius 1 is 1.06 bits per heavy atom. The van der Waals surface area contributed by atoms with Crippen molar-refractivity contribution in [3.63, 3.8) is 0 Å². The van der Waals surface area contributed by atoms with Gasteiger partial charge in [0.2, 0.25) is 11.8 Å². The number of aliphatic imine (C=N–C) groups is 1. The molecule has 2 N–H and O–H groups in total. The number of hydrogen-bond donors (Lipinski definition) is 2. The number of likely N-dealkylation sites (N-methyl/N-ethyl adjacent to an activating group) is 1. The molecule has 0 aromatic carbocycles. The maximum absolute atomic E-state index is 12.8. The fourth-order valence-electron chi connectivity index (χ4n) is 5.67. The van der Waals surface area contributed by atoms with Crippen LogP contribution in [0.25, 0.3) is 0 Å². The summed E-state index contributed by atoms with van der Waals surface area (Å²) < 4.78 is 0. The van der Waals surface area contributed by atoms with Crippen molar-refractivity contribution in [3.05, 3.63) is 12.2 Å². The Hall–Kier alpha value is -1.20. The van der Waals surface area contributed by atoms with Crippen molar-refractivity contribution < 1.29 is 9.59 Å². The fraction of sp³-hybridized carbons (Fsp3) is 0.783. The molecule has 2 bridgehead atoms. The van der Waals surface area contributed by atoms with E-state index in [0.717, 1.165) is 58.2 Å². The molecule has 0 spiro atoms. The second-order valence-electron chi connectivity index (χ2n) is 9.29. The molecule has 32 heavy (non-hydrogen) atoms. The quantitative estimate of drug-likeness (QED) is 0.152. The van der Waals surface area contributed by atoms with Crippen molar-refractivity contribution >= 4 is 41.8 Å². The van der Waals surface area contributed by atoms with Crippen LogP contribution in [-0.2, 0) is 9.59 Å². The largest absolute Gasteiger partial charge is 0.357 e. The number of allylic oxidation sites excluding steroid dienone is 2. The highest BCUT2D eigenvalue weighted by molar-refractivity contribution is 14.0. The van der Waals surface area contributed by atoms with Crippen LogP contribution in [0.5, 0.6) is 0 Å². The Labute approximate surface area is 209 Å². The zero-order valence-electron chi connectivity index (χ0n) is 19.6. The Bertz CT molecular complexity index is 706. The molecule has 5 unspecified atom stereocenters. The van der Waals surface area contributed by atoms with Crippen LogP contribution in [0.3, 0.4) is 0 Å². The van der Waals surface area contributed by atoms with E-state index in [9.17, 15) is 9.59 Å². The number of amides is 2. The zero-order valence-corrected chi connectivity index (χ0v) is 22.0. The first-order valence-electron chi connectivity index (χ1n) is 12.1. The molecule has 2 heterocycles.